The standard InChI is InChI=1S/C24H34O3Si/c1-19(22-18-25-24(5,6)27-22)17-26-28(23(2,3)4,20-13-9-7-10-14-20)21-15-11-8-12-16-21/h7-16,19,22H,17-18H2,1-6H3/t19-,22+/m1/s1. The monoisotopic (exact) mass is 398 g/mol. The third-order valence-electron chi connectivity index (χ3n) is 5.64. The van der Waals surface area contributed by atoms with Gasteiger partial charge in [0.25, 0.3) is 8.32 Å². The maximum atomic E-state index is 7.01. The number of ether oxygens (including phenoxy) is 2. The van der Waals surface area contributed by atoms with Crippen molar-refractivity contribution in [2.45, 2.75) is 58.5 Å². The zero-order valence-electron chi connectivity index (χ0n) is 18.1. The molecule has 0 unspecified atom stereocenters. The van der Waals surface area contributed by atoms with E-state index in [0.717, 1.165) is 0 Å². The molecule has 152 valence electrons. The Morgan fingerprint density at radius 2 is 1.50 bits per heavy atom. The molecule has 1 saturated heterocycles. The van der Waals surface area contributed by atoms with E-state index in [1.807, 2.05) is 13.8 Å². The van der Waals surface area contributed by atoms with Gasteiger partial charge in [0.1, 0.15) is 0 Å². The lowest BCUT2D eigenvalue weighted by Gasteiger charge is -2.43. The summed E-state index contributed by atoms with van der Waals surface area (Å²) in [5.41, 5.74) is 0. The summed E-state index contributed by atoms with van der Waals surface area (Å²) in [7, 11) is -2.50. The highest BCUT2D eigenvalue weighted by atomic mass is 28.4. The summed E-state index contributed by atoms with van der Waals surface area (Å²) in [5.74, 6) is -0.250. The van der Waals surface area contributed by atoms with Crippen LogP contribution in [-0.4, -0.2) is 33.4 Å². The summed E-state index contributed by atoms with van der Waals surface area (Å²) >= 11 is 0. The van der Waals surface area contributed by atoms with Gasteiger partial charge in [-0.25, -0.2) is 0 Å². The smallest absolute Gasteiger partial charge is 0.261 e. The highest BCUT2D eigenvalue weighted by Gasteiger charge is 2.50. The molecule has 4 heteroatoms. The maximum absolute atomic E-state index is 7.01. The van der Waals surface area contributed by atoms with Crippen molar-refractivity contribution in [3.63, 3.8) is 0 Å². The Balaban J connectivity index is 1.95. The van der Waals surface area contributed by atoms with Crippen LogP contribution in [0, 0.1) is 5.92 Å². The van der Waals surface area contributed by atoms with Crippen LogP contribution >= 0.6 is 0 Å². The molecule has 0 radical (unpaired) electrons. The second kappa shape index (κ2) is 8.11. The van der Waals surface area contributed by atoms with Crippen LogP contribution in [0.15, 0.2) is 60.7 Å². The highest BCUT2D eigenvalue weighted by Crippen LogP contribution is 2.37. The second-order valence-corrected chi connectivity index (χ2v) is 13.6. The third kappa shape index (κ3) is 4.25. The van der Waals surface area contributed by atoms with E-state index in [1.54, 1.807) is 0 Å². The molecule has 2 aromatic rings. The predicted octanol–water partition coefficient (Wildman–Crippen LogP) is 4.35. The normalized spacial score (nSPS) is 20.9. The van der Waals surface area contributed by atoms with Crippen molar-refractivity contribution in [3.05, 3.63) is 60.7 Å². The molecule has 0 aromatic heterocycles. The van der Waals surface area contributed by atoms with Crippen molar-refractivity contribution in [1.82, 2.24) is 0 Å². The fraction of sp³-hybridized carbons (Fsp3) is 0.500. The quantitative estimate of drug-likeness (QED) is 0.677. The Bertz CT molecular complexity index is 713. The lowest BCUT2D eigenvalue weighted by molar-refractivity contribution is -0.145. The van der Waals surface area contributed by atoms with Gasteiger partial charge in [-0.1, -0.05) is 88.4 Å². The first-order valence-electron chi connectivity index (χ1n) is 10.2. The largest absolute Gasteiger partial charge is 0.407 e. The van der Waals surface area contributed by atoms with Gasteiger partial charge in [-0.2, -0.15) is 0 Å². The molecule has 0 amide bonds. The van der Waals surface area contributed by atoms with E-state index < -0.39 is 14.1 Å². The summed E-state index contributed by atoms with van der Waals surface area (Å²) < 4.78 is 18.9. The molecular weight excluding hydrogens is 364 g/mol. The van der Waals surface area contributed by atoms with Crippen molar-refractivity contribution < 1.29 is 13.9 Å². The van der Waals surface area contributed by atoms with Crippen LogP contribution in [0.25, 0.3) is 0 Å². The number of rotatable bonds is 6. The van der Waals surface area contributed by atoms with Crippen LogP contribution in [0.3, 0.4) is 0 Å². The summed E-state index contributed by atoms with van der Waals surface area (Å²) in [6.45, 7) is 14.3. The molecule has 0 bridgehead atoms. The van der Waals surface area contributed by atoms with E-state index in [-0.39, 0.29) is 17.1 Å². The summed E-state index contributed by atoms with van der Waals surface area (Å²) in [4.78, 5) is 0. The zero-order valence-corrected chi connectivity index (χ0v) is 19.1. The second-order valence-electron chi connectivity index (χ2n) is 9.32. The Morgan fingerprint density at radius 1 is 1.00 bits per heavy atom. The molecule has 1 aliphatic heterocycles. The molecular formula is C24H34O3Si. The SMILES string of the molecule is C[C@H](CO[Si](c1ccccc1)(c1ccccc1)C(C)(C)C)[C@@H]1COC(C)(C)O1. The summed E-state index contributed by atoms with van der Waals surface area (Å²) in [6, 6.07) is 21.5. The van der Waals surface area contributed by atoms with Gasteiger partial charge >= 0.3 is 0 Å². The molecule has 1 fully saturated rings. The summed E-state index contributed by atoms with van der Waals surface area (Å²) in [6.07, 6.45) is 0.0632. The Morgan fingerprint density at radius 3 is 1.89 bits per heavy atom. The fourth-order valence-corrected chi connectivity index (χ4v) is 8.79. The van der Waals surface area contributed by atoms with Gasteiger partial charge in [-0.3, -0.25) is 0 Å². The van der Waals surface area contributed by atoms with Gasteiger partial charge in [0.05, 0.1) is 12.7 Å². The van der Waals surface area contributed by atoms with Gasteiger partial charge in [0.15, 0.2) is 5.79 Å². The van der Waals surface area contributed by atoms with E-state index in [4.69, 9.17) is 13.9 Å². The van der Waals surface area contributed by atoms with E-state index in [0.29, 0.717) is 13.2 Å². The Labute approximate surface area is 171 Å². The first-order valence-corrected chi connectivity index (χ1v) is 12.1. The van der Waals surface area contributed by atoms with Crippen LogP contribution < -0.4 is 10.4 Å². The maximum Gasteiger partial charge on any atom is 0.261 e. The average Bonchev–Trinajstić information content (AvgIpc) is 3.03. The molecule has 0 spiro atoms. The van der Waals surface area contributed by atoms with Crippen molar-refractivity contribution in [2.75, 3.05) is 13.2 Å². The molecule has 2 aromatic carbocycles. The van der Waals surface area contributed by atoms with Gasteiger partial charge in [-0.15, -0.1) is 0 Å². The molecule has 2 atom stereocenters. The fourth-order valence-electron chi connectivity index (χ4n) is 4.12. The van der Waals surface area contributed by atoms with Crippen LogP contribution in [-0.2, 0) is 13.9 Å². The molecule has 1 aliphatic rings. The van der Waals surface area contributed by atoms with E-state index in [2.05, 4.69) is 88.4 Å². The molecule has 0 saturated carbocycles. The summed E-state index contributed by atoms with van der Waals surface area (Å²) in [5, 5.41) is 2.61. The van der Waals surface area contributed by atoms with Gasteiger partial charge in [0, 0.05) is 12.5 Å². The third-order valence-corrected chi connectivity index (χ3v) is 10.6. The number of benzene rings is 2. The lowest BCUT2D eigenvalue weighted by atomic mass is 10.1. The minimum Gasteiger partial charge on any atom is -0.407 e. The molecule has 1 heterocycles. The average molecular weight is 399 g/mol. The molecule has 3 rings (SSSR count). The predicted molar refractivity (Wildman–Crippen MR) is 118 cm³/mol. The zero-order chi connectivity index (χ0) is 20.4. The lowest BCUT2D eigenvalue weighted by Crippen LogP contribution is -2.67. The topological polar surface area (TPSA) is 27.7 Å². The highest BCUT2D eigenvalue weighted by molar-refractivity contribution is 6.99. The van der Waals surface area contributed by atoms with E-state index in [9.17, 15) is 0 Å². The van der Waals surface area contributed by atoms with Crippen LogP contribution in [0.1, 0.15) is 41.5 Å². The van der Waals surface area contributed by atoms with Crippen LogP contribution in [0.5, 0.6) is 0 Å². The first kappa shape index (κ1) is 21.3. The van der Waals surface area contributed by atoms with Crippen LogP contribution in [0.2, 0.25) is 5.04 Å². The first-order chi connectivity index (χ1) is 13.2. The van der Waals surface area contributed by atoms with E-state index >= 15 is 0 Å². The molecule has 28 heavy (non-hydrogen) atoms. The Kier molecular flexibility index (Phi) is 6.16. The number of hydrogen-bond acceptors (Lipinski definition) is 3. The van der Waals surface area contributed by atoms with Crippen LogP contribution in [0.4, 0.5) is 0 Å². The molecule has 0 aliphatic carbocycles. The van der Waals surface area contributed by atoms with Gasteiger partial charge in [-0.05, 0) is 29.3 Å². The van der Waals surface area contributed by atoms with E-state index in [1.165, 1.54) is 10.4 Å². The minimum atomic E-state index is -2.50. The van der Waals surface area contributed by atoms with Gasteiger partial charge in [0.2, 0.25) is 0 Å². The number of hydrogen-bond donors (Lipinski definition) is 0. The van der Waals surface area contributed by atoms with Crippen molar-refractivity contribution >= 4 is 18.7 Å². The van der Waals surface area contributed by atoms with Gasteiger partial charge < -0.3 is 13.9 Å². The Hall–Kier alpha value is -1.46. The van der Waals surface area contributed by atoms with Crippen molar-refractivity contribution in [1.29, 1.82) is 0 Å². The van der Waals surface area contributed by atoms with Crippen molar-refractivity contribution in [2.24, 2.45) is 5.92 Å². The minimum absolute atomic E-state index is 0.0122. The molecule has 0 N–H and O–H groups in total. The van der Waals surface area contributed by atoms with Crippen molar-refractivity contribution in [3.8, 4) is 0 Å². The molecule has 3 nitrogen and oxygen atoms in total.